The summed E-state index contributed by atoms with van der Waals surface area (Å²) in [7, 11) is -3.73. The van der Waals surface area contributed by atoms with Gasteiger partial charge in [0.1, 0.15) is 0 Å². The zero-order valence-corrected chi connectivity index (χ0v) is 10.0. The lowest BCUT2D eigenvalue weighted by Gasteiger charge is -2.02. The predicted molar refractivity (Wildman–Crippen MR) is 61.6 cm³/mol. The standard InChI is InChI=1S/C10H10ClNO3S/c1-7(10(12)13)6-16(14,15)9-5-3-2-4-8(9)11/h2-6H,1H3,(H2,12,13)/b7-6+. The second-order valence-electron chi connectivity index (χ2n) is 3.14. The molecule has 1 rings (SSSR count). The van der Waals surface area contributed by atoms with Gasteiger partial charge in [0.15, 0.2) is 0 Å². The number of amides is 1. The molecule has 86 valence electrons. The number of benzene rings is 1. The summed E-state index contributed by atoms with van der Waals surface area (Å²) in [6, 6.07) is 5.99. The van der Waals surface area contributed by atoms with E-state index in [9.17, 15) is 13.2 Å². The van der Waals surface area contributed by atoms with Crippen LogP contribution in [0.2, 0.25) is 5.02 Å². The molecule has 1 amide bonds. The van der Waals surface area contributed by atoms with Gasteiger partial charge in [-0.1, -0.05) is 23.7 Å². The number of hydrogen-bond donors (Lipinski definition) is 1. The average molecular weight is 260 g/mol. The Kier molecular flexibility index (Phi) is 3.72. The van der Waals surface area contributed by atoms with Gasteiger partial charge < -0.3 is 5.73 Å². The van der Waals surface area contributed by atoms with Crippen LogP contribution in [0, 0.1) is 0 Å². The first kappa shape index (κ1) is 12.7. The highest BCUT2D eigenvalue weighted by Crippen LogP contribution is 2.23. The molecule has 0 unspecified atom stereocenters. The molecule has 0 aliphatic rings. The summed E-state index contributed by atoms with van der Waals surface area (Å²) < 4.78 is 23.6. The van der Waals surface area contributed by atoms with Crippen LogP contribution < -0.4 is 5.73 Å². The zero-order valence-electron chi connectivity index (χ0n) is 8.48. The van der Waals surface area contributed by atoms with Crippen LogP contribution in [0.1, 0.15) is 6.92 Å². The molecule has 0 bridgehead atoms. The van der Waals surface area contributed by atoms with E-state index in [1.54, 1.807) is 12.1 Å². The van der Waals surface area contributed by atoms with Crippen molar-refractivity contribution >= 4 is 27.3 Å². The van der Waals surface area contributed by atoms with Gasteiger partial charge in [-0.2, -0.15) is 0 Å². The zero-order chi connectivity index (χ0) is 12.3. The normalized spacial score (nSPS) is 12.5. The molecule has 0 aliphatic carbocycles. The largest absolute Gasteiger partial charge is 0.366 e. The summed E-state index contributed by atoms with van der Waals surface area (Å²) in [5.41, 5.74) is 4.91. The first-order valence-corrected chi connectivity index (χ1v) is 6.25. The van der Waals surface area contributed by atoms with Crippen LogP contribution in [0.3, 0.4) is 0 Å². The van der Waals surface area contributed by atoms with Crippen molar-refractivity contribution in [1.29, 1.82) is 0 Å². The summed E-state index contributed by atoms with van der Waals surface area (Å²) in [6.45, 7) is 1.33. The van der Waals surface area contributed by atoms with E-state index >= 15 is 0 Å². The van der Waals surface area contributed by atoms with Gasteiger partial charge in [-0.15, -0.1) is 0 Å². The second-order valence-corrected chi connectivity index (χ2v) is 5.31. The molecule has 0 aromatic heterocycles. The van der Waals surface area contributed by atoms with Crippen molar-refractivity contribution in [3.8, 4) is 0 Å². The van der Waals surface area contributed by atoms with Crippen LogP contribution >= 0.6 is 11.6 Å². The summed E-state index contributed by atoms with van der Waals surface area (Å²) in [6.07, 6.45) is 0. The number of primary amides is 1. The third-order valence-corrected chi connectivity index (χ3v) is 3.94. The third-order valence-electron chi connectivity index (χ3n) is 1.86. The lowest BCUT2D eigenvalue weighted by Crippen LogP contribution is -2.13. The fraction of sp³-hybridized carbons (Fsp3) is 0.100. The molecule has 0 fully saturated rings. The van der Waals surface area contributed by atoms with Gasteiger partial charge in [0, 0.05) is 11.0 Å². The van der Waals surface area contributed by atoms with Crippen molar-refractivity contribution in [3.63, 3.8) is 0 Å². The Morgan fingerprint density at radius 3 is 2.44 bits per heavy atom. The number of carbonyl (C=O) groups excluding carboxylic acids is 1. The lowest BCUT2D eigenvalue weighted by atomic mass is 10.3. The van der Waals surface area contributed by atoms with Gasteiger partial charge in [0.25, 0.3) is 0 Å². The van der Waals surface area contributed by atoms with Crippen LogP contribution in [-0.2, 0) is 14.6 Å². The highest BCUT2D eigenvalue weighted by atomic mass is 35.5. The summed E-state index contributed by atoms with van der Waals surface area (Å²) in [5.74, 6) is -0.782. The number of rotatable bonds is 3. The van der Waals surface area contributed by atoms with Crippen molar-refractivity contribution in [1.82, 2.24) is 0 Å². The molecule has 6 heteroatoms. The number of nitrogens with two attached hydrogens (primary N) is 1. The SMILES string of the molecule is C/C(=C\S(=O)(=O)c1ccccc1Cl)C(N)=O. The van der Waals surface area contributed by atoms with Gasteiger partial charge in [-0.25, -0.2) is 8.42 Å². The molecular weight excluding hydrogens is 250 g/mol. The smallest absolute Gasteiger partial charge is 0.245 e. The lowest BCUT2D eigenvalue weighted by molar-refractivity contribution is -0.114. The van der Waals surface area contributed by atoms with Crippen molar-refractivity contribution < 1.29 is 13.2 Å². The molecule has 16 heavy (non-hydrogen) atoms. The highest BCUT2D eigenvalue weighted by molar-refractivity contribution is 7.94. The van der Waals surface area contributed by atoms with E-state index in [4.69, 9.17) is 17.3 Å². The van der Waals surface area contributed by atoms with E-state index in [0.717, 1.165) is 5.41 Å². The Bertz CT molecular complexity index is 549. The number of sulfone groups is 1. The minimum Gasteiger partial charge on any atom is -0.366 e. The monoisotopic (exact) mass is 259 g/mol. The first-order valence-electron chi connectivity index (χ1n) is 4.32. The molecule has 1 aromatic rings. The number of halogens is 1. The van der Waals surface area contributed by atoms with Crippen LogP contribution in [0.15, 0.2) is 40.1 Å². The third kappa shape index (κ3) is 2.84. The Hall–Kier alpha value is -1.33. The van der Waals surface area contributed by atoms with E-state index in [1.165, 1.54) is 19.1 Å². The van der Waals surface area contributed by atoms with Gasteiger partial charge in [0.2, 0.25) is 15.7 Å². The minimum atomic E-state index is -3.73. The van der Waals surface area contributed by atoms with Gasteiger partial charge in [-0.05, 0) is 19.1 Å². The molecule has 0 aliphatic heterocycles. The van der Waals surface area contributed by atoms with Gasteiger partial charge >= 0.3 is 0 Å². The molecule has 0 atom stereocenters. The summed E-state index contributed by atoms with van der Waals surface area (Å²) in [5, 5.41) is 0.923. The maximum Gasteiger partial charge on any atom is 0.245 e. The molecule has 0 spiro atoms. The second kappa shape index (κ2) is 4.67. The van der Waals surface area contributed by atoms with Crippen LogP contribution in [0.25, 0.3) is 0 Å². The maximum absolute atomic E-state index is 11.8. The number of hydrogen-bond acceptors (Lipinski definition) is 3. The summed E-state index contributed by atoms with van der Waals surface area (Å²) in [4.78, 5) is 10.7. The topological polar surface area (TPSA) is 77.2 Å². The van der Waals surface area contributed by atoms with Gasteiger partial charge in [-0.3, -0.25) is 4.79 Å². The fourth-order valence-corrected chi connectivity index (χ4v) is 2.80. The molecule has 0 saturated heterocycles. The first-order chi connectivity index (χ1) is 7.34. The van der Waals surface area contributed by atoms with Crippen LogP contribution in [-0.4, -0.2) is 14.3 Å². The van der Waals surface area contributed by atoms with E-state index < -0.39 is 15.7 Å². The van der Waals surface area contributed by atoms with Crippen LogP contribution in [0.4, 0.5) is 0 Å². The Labute approximate surface area is 98.6 Å². The van der Waals surface area contributed by atoms with Gasteiger partial charge in [0.05, 0.1) is 9.92 Å². The van der Waals surface area contributed by atoms with Crippen molar-refractivity contribution in [2.45, 2.75) is 11.8 Å². The molecule has 0 heterocycles. The molecular formula is C10H10ClNO3S. The summed E-state index contributed by atoms with van der Waals surface area (Å²) >= 11 is 5.75. The minimum absolute atomic E-state index is 0.0417. The molecule has 2 N–H and O–H groups in total. The van der Waals surface area contributed by atoms with E-state index in [2.05, 4.69) is 0 Å². The van der Waals surface area contributed by atoms with Crippen LogP contribution in [0.5, 0.6) is 0 Å². The van der Waals surface area contributed by atoms with E-state index in [1.807, 2.05) is 0 Å². The quantitative estimate of drug-likeness (QED) is 0.836. The molecule has 1 aromatic carbocycles. The Morgan fingerprint density at radius 2 is 1.94 bits per heavy atom. The Morgan fingerprint density at radius 1 is 1.38 bits per heavy atom. The molecule has 4 nitrogen and oxygen atoms in total. The molecule has 0 saturated carbocycles. The fourth-order valence-electron chi connectivity index (χ4n) is 1.03. The predicted octanol–water partition coefficient (Wildman–Crippen LogP) is 1.50. The molecule has 0 radical (unpaired) electrons. The Balaban J connectivity index is 3.29. The van der Waals surface area contributed by atoms with E-state index in [0.29, 0.717) is 0 Å². The van der Waals surface area contributed by atoms with Crippen molar-refractivity contribution in [2.75, 3.05) is 0 Å². The van der Waals surface area contributed by atoms with Crippen molar-refractivity contribution in [2.24, 2.45) is 5.73 Å². The average Bonchev–Trinajstić information content (AvgIpc) is 2.17. The maximum atomic E-state index is 11.8. The van der Waals surface area contributed by atoms with Crippen molar-refractivity contribution in [3.05, 3.63) is 40.3 Å². The number of carbonyl (C=O) groups is 1. The highest BCUT2D eigenvalue weighted by Gasteiger charge is 2.16. The van der Waals surface area contributed by atoms with E-state index in [-0.39, 0.29) is 15.5 Å².